The van der Waals surface area contributed by atoms with E-state index >= 15 is 0 Å². The quantitative estimate of drug-likeness (QED) is 0.824. The van der Waals surface area contributed by atoms with Gasteiger partial charge in [0.25, 0.3) is 0 Å². The summed E-state index contributed by atoms with van der Waals surface area (Å²) < 4.78 is 0. The van der Waals surface area contributed by atoms with Crippen molar-refractivity contribution in [2.75, 3.05) is 23.3 Å². The molecule has 1 aliphatic heterocycles. The highest BCUT2D eigenvalue weighted by molar-refractivity contribution is 5.70. The predicted octanol–water partition coefficient (Wildman–Crippen LogP) is 3.65. The number of aryl methyl sites for hydroxylation is 2. The Kier molecular flexibility index (Phi) is 5.71. The first-order valence-corrected chi connectivity index (χ1v) is 9.31. The number of nitrogens with one attached hydrogen (secondary N) is 1. The van der Waals surface area contributed by atoms with E-state index in [1.165, 1.54) is 11.1 Å². The third-order valence-electron chi connectivity index (χ3n) is 5.04. The number of piperidine rings is 1. The number of anilines is 3. The third-order valence-corrected chi connectivity index (χ3v) is 5.04. The first-order chi connectivity index (χ1) is 12.6. The van der Waals surface area contributed by atoms with Gasteiger partial charge in [-0.2, -0.15) is 4.98 Å². The van der Waals surface area contributed by atoms with Crippen LogP contribution >= 0.6 is 0 Å². The summed E-state index contributed by atoms with van der Waals surface area (Å²) in [5.74, 6) is 0.490. The highest BCUT2D eigenvalue weighted by Crippen LogP contribution is 2.27. The molecule has 26 heavy (non-hydrogen) atoms. The molecule has 3 rings (SSSR count). The van der Waals surface area contributed by atoms with E-state index in [4.69, 9.17) is 5.11 Å². The minimum Gasteiger partial charge on any atom is -0.481 e. The lowest BCUT2D eigenvalue weighted by Crippen LogP contribution is -2.36. The molecule has 138 valence electrons. The predicted molar refractivity (Wildman–Crippen MR) is 103 cm³/mol. The normalized spacial score (nSPS) is 15.1. The van der Waals surface area contributed by atoms with E-state index in [2.05, 4.69) is 52.2 Å². The van der Waals surface area contributed by atoms with E-state index in [0.717, 1.165) is 24.3 Å². The van der Waals surface area contributed by atoms with E-state index < -0.39 is 5.97 Å². The van der Waals surface area contributed by atoms with Crippen LogP contribution in [0.1, 0.15) is 37.8 Å². The van der Waals surface area contributed by atoms with Crippen molar-refractivity contribution in [1.29, 1.82) is 0 Å². The molecule has 6 heteroatoms. The molecule has 0 radical (unpaired) electrons. The average molecular weight is 354 g/mol. The monoisotopic (exact) mass is 354 g/mol. The summed E-state index contributed by atoms with van der Waals surface area (Å²) in [6.07, 6.45) is 4.95. The molecule has 0 atom stereocenters. The number of rotatable bonds is 6. The molecule has 0 aliphatic carbocycles. The smallest absolute Gasteiger partial charge is 0.306 e. The number of aliphatic carboxylic acids is 1. The zero-order valence-corrected chi connectivity index (χ0v) is 15.4. The van der Waals surface area contributed by atoms with Crippen LogP contribution in [0.4, 0.5) is 17.5 Å². The molecule has 2 heterocycles. The first-order valence-electron chi connectivity index (χ1n) is 9.31. The number of nitrogens with zero attached hydrogens (tertiary/aromatic N) is 3. The standard InChI is InChI=1S/C20H26N4O2/c1-3-14-6-5-7-15(4-2)18(14)23-20-21-11-8-17(22-20)24-12-9-16(10-13-24)19(25)26/h5-8,11,16H,3-4,9-10,12-13H2,1-2H3,(H,25,26)(H,21,22,23). The van der Waals surface area contributed by atoms with Crippen LogP contribution in [0.3, 0.4) is 0 Å². The molecular weight excluding hydrogens is 328 g/mol. The third kappa shape index (κ3) is 3.95. The van der Waals surface area contributed by atoms with Crippen LogP contribution in [0.25, 0.3) is 0 Å². The number of aromatic nitrogens is 2. The molecule has 1 aromatic heterocycles. The number of hydrogen-bond donors (Lipinski definition) is 2. The molecule has 0 spiro atoms. The fourth-order valence-electron chi connectivity index (χ4n) is 3.46. The van der Waals surface area contributed by atoms with Crippen LogP contribution in [0.5, 0.6) is 0 Å². The van der Waals surface area contributed by atoms with Crippen molar-refractivity contribution >= 4 is 23.4 Å². The lowest BCUT2D eigenvalue weighted by atomic mass is 9.97. The number of carboxylic acids is 1. The van der Waals surface area contributed by atoms with E-state index in [-0.39, 0.29) is 5.92 Å². The number of hydrogen-bond acceptors (Lipinski definition) is 5. The molecule has 0 amide bonds. The van der Waals surface area contributed by atoms with Crippen molar-refractivity contribution in [3.05, 3.63) is 41.6 Å². The molecule has 1 aromatic carbocycles. The molecule has 1 fully saturated rings. The zero-order valence-electron chi connectivity index (χ0n) is 15.4. The summed E-state index contributed by atoms with van der Waals surface area (Å²) in [5.41, 5.74) is 3.60. The Morgan fingerprint density at radius 1 is 1.19 bits per heavy atom. The highest BCUT2D eigenvalue weighted by Gasteiger charge is 2.25. The minimum absolute atomic E-state index is 0.241. The van der Waals surface area contributed by atoms with Gasteiger partial charge in [-0.3, -0.25) is 4.79 Å². The van der Waals surface area contributed by atoms with Gasteiger partial charge in [0, 0.05) is 25.0 Å². The van der Waals surface area contributed by atoms with Crippen LogP contribution < -0.4 is 10.2 Å². The van der Waals surface area contributed by atoms with Gasteiger partial charge in [0.2, 0.25) is 5.95 Å². The van der Waals surface area contributed by atoms with Gasteiger partial charge in [-0.1, -0.05) is 32.0 Å². The second-order valence-electron chi connectivity index (χ2n) is 6.62. The van der Waals surface area contributed by atoms with Gasteiger partial charge in [0.15, 0.2) is 0 Å². The van der Waals surface area contributed by atoms with Crippen molar-refractivity contribution in [2.45, 2.75) is 39.5 Å². The molecule has 0 saturated carbocycles. The Morgan fingerprint density at radius 2 is 1.85 bits per heavy atom. The number of para-hydroxylation sites is 1. The van der Waals surface area contributed by atoms with Gasteiger partial charge in [-0.05, 0) is 42.9 Å². The maximum atomic E-state index is 11.1. The fraction of sp³-hybridized carbons (Fsp3) is 0.450. The molecule has 0 unspecified atom stereocenters. The minimum atomic E-state index is -0.696. The van der Waals surface area contributed by atoms with Gasteiger partial charge in [-0.25, -0.2) is 4.98 Å². The summed E-state index contributed by atoms with van der Waals surface area (Å²) in [7, 11) is 0. The van der Waals surface area contributed by atoms with E-state index in [1.807, 2.05) is 6.07 Å². The lowest BCUT2D eigenvalue weighted by Gasteiger charge is -2.31. The summed E-state index contributed by atoms with van der Waals surface area (Å²) >= 11 is 0. The lowest BCUT2D eigenvalue weighted by molar-refractivity contribution is -0.142. The zero-order chi connectivity index (χ0) is 18.5. The van der Waals surface area contributed by atoms with Crippen LogP contribution in [0, 0.1) is 5.92 Å². The van der Waals surface area contributed by atoms with Crippen LogP contribution in [0.15, 0.2) is 30.5 Å². The molecule has 2 N–H and O–H groups in total. The molecule has 1 aliphatic rings. The average Bonchev–Trinajstić information content (AvgIpc) is 2.68. The van der Waals surface area contributed by atoms with E-state index in [0.29, 0.717) is 31.9 Å². The van der Waals surface area contributed by atoms with Crippen molar-refractivity contribution in [3.63, 3.8) is 0 Å². The number of carboxylic acid groups (broad SMARTS) is 1. The number of carbonyl (C=O) groups is 1. The van der Waals surface area contributed by atoms with Crippen LogP contribution in [0.2, 0.25) is 0 Å². The highest BCUT2D eigenvalue weighted by atomic mass is 16.4. The van der Waals surface area contributed by atoms with Gasteiger partial charge in [0.05, 0.1) is 5.92 Å². The Balaban J connectivity index is 1.78. The SMILES string of the molecule is CCc1cccc(CC)c1Nc1nccc(N2CCC(C(=O)O)CC2)n1. The summed E-state index contributed by atoms with van der Waals surface area (Å²) in [5, 5.41) is 12.6. The topological polar surface area (TPSA) is 78.4 Å². The summed E-state index contributed by atoms with van der Waals surface area (Å²) in [6.45, 7) is 5.70. The van der Waals surface area contributed by atoms with Crippen molar-refractivity contribution in [1.82, 2.24) is 9.97 Å². The Morgan fingerprint density at radius 3 is 2.42 bits per heavy atom. The van der Waals surface area contributed by atoms with Gasteiger partial charge in [0.1, 0.15) is 5.82 Å². The largest absolute Gasteiger partial charge is 0.481 e. The molecule has 6 nitrogen and oxygen atoms in total. The summed E-state index contributed by atoms with van der Waals surface area (Å²) in [4.78, 5) is 22.3. The summed E-state index contributed by atoms with van der Waals surface area (Å²) in [6, 6.07) is 8.23. The second-order valence-corrected chi connectivity index (χ2v) is 6.62. The van der Waals surface area contributed by atoms with Crippen LogP contribution in [-0.4, -0.2) is 34.1 Å². The first kappa shape index (κ1) is 18.2. The second kappa shape index (κ2) is 8.17. The van der Waals surface area contributed by atoms with Gasteiger partial charge >= 0.3 is 5.97 Å². The van der Waals surface area contributed by atoms with Crippen molar-refractivity contribution in [2.24, 2.45) is 5.92 Å². The molecular formula is C20H26N4O2. The molecule has 0 bridgehead atoms. The molecule has 1 saturated heterocycles. The van der Waals surface area contributed by atoms with Crippen LogP contribution in [-0.2, 0) is 17.6 Å². The fourth-order valence-corrected chi connectivity index (χ4v) is 3.46. The Bertz CT molecular complexity index is 748. The Labute approximate surface area is 154 Å². The maximum Gasteiger partial charge on any atom is 0.306 e. The van der Waals surface area contributed by atoms with Crippen molar-refractivity contribution in [3.8, 4) is 0 Å². The van der Waals surface area contributed by atoms with Gasteiger partial charge in [-0.15, -0.1) is 0 Å². The Hall–Kier alpha value is -2.63. The maximum absolute atomic E-state index is 11.1. The van der Waals surface area contributed by atoms with Crippen molar-refractivity contribution < 1.29 is 9.90 Å². The van der Waals surface area contributed by atoms with Gasteiger partial charge < -0.3 is 15.3 Å². The van der Waals surface area contributed by atoms with E-state index in [9.17, 15) is 4.79 Å². The number of benzene rings is 1. The molecule has 2 aromatic rings. The van der Waals surface area contributed by atoms with E-state index in [1.54, 1.807) is 6.20 Å².